The second-order valence-electron chi connectivity index (χ2n) is 6.01. The number of carbonyl (C=O) groups is 2. The summed E-state index contributed by atoms with van der Waals surface area (Å²) in [5.41, 5.74) is 1.17. The first-order valence-corrected chi connectivity index (χ1v) is 8.69. The van der Waals surface area contributed by atoms with Gasteiger partial charge in [0, 0.05) is 30.8 Å². The summed E-state index contributed by atoms with van der Waals surface area (Å²) in [5, 5.41) is 2.80. The van der Waals surface area contributed by atoms with Crippen molar-refractivity contribution in [3.05, 3.63) is 36.4 Å². The average Bonchev–Trinajstić information content (AvgIpc) is 2.72. The zero-order chi connectivity index (χ0) is 20.1. The number of benzene rings is 2. The molecule has 8 heteroatoms. The van der Waals surface area contributed by atoms with Gasteiger partial charge in [-0.15, -0.1) is 0 Å². The molecule has 0 bridgehead atoms. The Morgan fingerprint density at radius 2 is 1.79 bits per heavy atom. The van der Waals surface area contributed by atoms with Crippen LogP contribution in [0.25, 0.3) is 0 Å². The number of hydrogen-bond donors (Lipinski definition) is 1. The van der Waals surface area contributed by atoms with Gasteiger partial charge in [-0.2, -0.15) is 0 Å². The molecule has 2 aromatic rings. The summed E-state index contributed by atoms with van der Waals surface area (Å²) in [7, 11) is 4.52. The van der Waals surface area contributed by atoms with Crippen LogP contribution in [0.2, 0.25) is 0 Å². The number of hydrogen-bond acceptors (Lipinski definition) is 6. The first kappa shape index (κ1) is 19.3. The lowest BCUT2D eigenvalue weighted by atomic mass is 10.2. The first-order chi connectivity index (χ1) is 13.6. The maximum atomic E-state index is 12.4. The largest absolute Gasteiger partial charge is 0.493 e. The molecular formula is C20H22N2O6. The van der Waals surface area contributed by atoms with Crippen LogP contribution in [-0.2, 0) is 9.59 Å². The van der Waals surface area contributed by atoms with E-state index in [4.69, 9.17) is 18.9 Å². The van der Waals surface area contributed by atoms with E-state index in [9.17, 15) is 9.59 Å². The van der Waals surface area contributed by atoms with E-state index in [0.29, 0.717) is 34.4 Å². The van der Waals surface area contributed by atoms with Crippen molar-refractivity contribution < 1.29 is 28.5 Å². The minimum atomic E-state index is -0.244. The lowest BCUT2D eigenvalue weighted by Crippen LogP contribution is -2.40. The van der Waals surface area contributed by atoms with E-state index in [1.54, 1.807) is 29.2 Å². The third kappa shape index (κ3) is 3.95. The second kappa shape index (κ2) is 8.51. The molecule has 2 amide bonds. The Labute approximate surface area is 162 Å². The molecule has 0 aromatic heterocycles. The number of anilines is 2. The van der Waals surface area contributed by atoms with Crippen molar-refractivity contribution >= 4 is 23.2 Å². The summed E-state index contributed by atoms with van der Waals surface area (Å²) in [4.78, 5) is 26.2. The van der Waals surface area contributed by atoms with Crippen molar-refractivity contribution in [2.45, 2.75) is 6.42 Å². The number of nitrogens with one attached hydrogen (secondary N) is 1. The number of methoxy groups -OCH3 is 3. The Balaban J connectivity index is 1.69. The maximum Gasteiger partial charge on any atom is 0.265 e. The van der Waals surface area contributed by atoms with E-state index in [1.807, 2.05) is 12.1 Å². The van der Waals surface area contributed by atoms with Gasteiger partial charge in [0.25, 0.3) is 5.91 Å². The van der Waals surface area contributed by atoms with Crippen molar-refractivity contribution in [3.63, 3.8) is 0 Å². The monoisotopic (exact) mass is 386 g/mol. The van der Waals surface area contributed by atoms with Crippen LogP contribution in [0.3, 0.4) is 0 Å². The van der Waals surface area contributed by atoms with Crippen molar-refractivity contribution in [2.24, 2.45) is 0 Å². The zero-order valence-electron chi connectivity index (χ0n) is 16.0. The van der Waals surface area contributed by atoms with Gasteiger partial charge in [-0.3, -0.25) is 9.59 Å². The highest BCUT2D eigenvalue weighted by molar-refractivity contribution is 5.99. The van der Waals surface area contributed by atoms with Gasteiger partial charge in [-0.25, -0.2) is 0 Å². The highest BCUT2D eigenvalue weighted by Crippen LogP contribution is 2.40. The summed E-state index contributed by atoms with van der Waals surface area (Å²) >= 11 is 0. The third-order valence-corrected chi connectivity index (χ3v) is 4.32. The quantitative estimate of drug-likeness (QED) is 0.787. The summed E-state index contributed by atoms with van der Waals surface area (Å²) < 4.78 is 21.3. The van der Waals surface area contributed by atoms with Gasteiger partial charge in [0.05, 0.1) is 27.0 Å². The Morgan fingerprint density at radius 1 is 1.11 bits per heavy atom. The molecule has 28 heavy (non-hydrogen) atoms. The molecule has 0 unspecified atom stereocenters. The molecule has 0 aliphatic carbocycles. The molecule has 0 fully saturated rings. The van der Waals surface area contributed by atoms with Crippen LogP contribution in [0, 0.1) is 0 Å². The first-order valence-electron chi connectivity index (χ1n) is 8.69. The van der Waals surface area contributed by atoms with Crippen molar-refractivity contribution in [3.8, 4) is 23.0 Å². The second-order valence-corrected chi connectivity index (χ2v) is 6.01. The van der Waals surface area contributed by atoms with E-state index in [1.165, 1.54) is 21.3 Å². The number of rotatable bonds is 7. The third-order valence-electron chi connectivity index (χ3n) is 4.32. The molecule has 0 atom stereocenters. The number of fused-ring (bicyclic) bond motifs is 1. The van der Waals surface area contributed by atoms with Gasteiger partial charge in [0.2, 0.25) is 11.7 Å². The zero-order valence-corrected chi connectivity index (χ0v) is 16.0. The lowest BCUT2D eigenvalue weighted by molar-refractivity contribution is -0.121. The van der Waals surface area contributed by atoms with Crippen LogP contribution in [0.1, 0.15) is 6.42 Å². The van der Waals surface area contributed by atoms with Crippen LogP contribution in [0.4, 0.5) is 11.4 Å². The van der Waals surface area contributed by atoms with Crippen LogP contribution in [0.15, 0.2) is 36.4 Å². The Bertz CT molecular complexity index is 858. The SMILES string of the molecule is COc1cc(NC(=O)CCN2C(=O)COc3ccccc32)cc(OC)c1OC. The molecule has 148 valence electrons. The molecule has 3 rings (SSSR count). The van der Waals surface area contributed by atoms with Crippen LogP contribution < -0.4 is 29.2 Å². The van der Waals surface area contributed by atoms with Crippen molar-refractivity contribution in [1.82, 2.24) is 0 Å². The number of carbonyl (C=O) groups excluding carboxylic acids is 2. The van der Waals surface area contributed by atoms with Crippen LogP contribution in [-0.4, -0.2) is 46.3 Å². The molecule has 0 spiro atoms. The molecule has 2 aromatic carbocycles. The normalized spacial score (nSPS) is 12.7. The smallest absolute Gasteiger partial charge is 0.265 e. The molecule has 1 heterocycles. The summed E-state index contributed by atoms with van der Waals surface area (Å²) in [6.07, 6.45) is 0.122. The van der Waals surface area contributed by atoms with Crippen LogP contribution >= 0.6 is 0 Å². The number of nitrogens with zero attached hydrogens (tertiary/aromatic N) is 1. The lowest BCUT2D eigenvalue weighted by Gasteiger charge is -2.29. The molecule has 0 saturated heterocycles. The summed E-state index contributed by atoms with van der Waals surface area (Å²) in [6, 6.07) is 10.5. The fraction of sp³-hybridized carbons (Fsp3) is 0.300. The van der Waals surface area contributed by atoms with Gasteiger partial charge in [0.15, 0.2) is 18.1 Å². The molecule has 1 N–H and O–H groups in total. The van der Waals surface area contributed by atoms with E-state index in [-0.39, 0.29) is 31.4 Å². The molecule has 0 saturated carbocycles. The van der Waals surface area contributed by atoms with Crippen molar-refractivity contribution in [2.75, 3.05) is 44.7 Å². The minimum Gasteiger partial charge on any atom is -0.493 e. The Kier molecular flexibility index (Phi) is 5.88. The molecule has 0 radical (unpaired) electrons. The van der Waals surface area contributed by atoms with E-state index < -0.39 is 0 Å². The highest BCUT2D eigenvalue weighted by atomic mass is 16.5. The molecule has 1 aliphatic heterocycles. The van der Waals surface area contributed by atoms with E-state index in [2.05, 4.69) is 5.32 Å². The fourth-order valence-corrected chi connectivity index (χ4v) is 2.99. The fourth-order valence-electron chi connectivity index (χ4n) is 2.99. The van der Waals surface area contributed by atoms with Gasteiger partial charge in [0.1, 0.15) is 5.75 Å². The highest BCUT2D eigenvalue weighted by Gasteiger charge is 2.25. The predicted molar refractivity (Wildman–Crippen MR) is 104 cm³/mol. The van der Waals surface area contributed by atoms with Gasteiger partial charge in [-0.05, 0) is 12.1 Å². The number of para-hydroxylation sites is 2. The van der Waals surface area contributed by atoms with Gasteiger partial charge < -0.3 is 29.2 Å². The predicted octanol–water partition coefficient (Wildman–Crippen LogP) is 2.47. The number of amides is 2. The molecule has 1 aliphatic rings. The van der Waals surface area contributed by atoms with Crippen molar-refractivity contribution in [1.29, 1.82) is 0 Å². The van der Waals surface area contributed by atoms with Gasteiger partial charge >= 0.3 is 0 Å². The minimum absolute atomic E-state index is 0.0362. The average molecular weight is 386 g/mol. The molecular weight excluding hydrogens is 364 g/mol. The van der Waals surface area contributed by atoms with E-state index >= 15 is 0 Å². The molecule has 8 nitrogen and oxygen atoms in total. The maximum absolute atomic E-state index is 12.4. The topological polar surface area (TPSA) is 86.3 Å². The number of ether oxygens (including phenoxy) is 4. The summed E-state index contributed by atoms with van der Waals surface area (Å²) in [6.45, 7) is 0.209. The van der Waals surface area contributed by atoms with Crippen LogP contribution in [0.5, 0.6) is 23.0 Å². The Hall–Kier alpha value is -3.42. The van der Waals surface area contributed by atoms with Gasteiger partial charge in [-0.1, -0.05) is 12.1 Å². The summed E-state index contributed by atoms with van der Waals surface area (Å²) in [5.74, 6) is 1.53. The van der Waals surface area contributed by atoms with E-state index in [0.717, 1.165) is 0 Å². The standard InChI is InChI=1S/C20H22N2O6/c1-25-16-10-13(11-17(26-2)20(16)27-3)21-18(23)8-9-22-14-6-4-5-7-15(14)28-12-19(22)24/h4-7,10-11H,8-9,12H2,1-3H3,(H,21,23). The Morgan fingerprint density at radius 3 is 2.43 bits per heavy atom.